The van der Waals surface area contributed by atoms with Crippen LogP contribution in [-0.2, 0) is 14.4 Å². The van der Waals surface area contributed by atoms with Crippen molar-refractivity contribution in [2.75, 3.05) is 0 Å². The van der Waals surface area contributed by atoms with Gasteiger partial charge in [0, 0.05) is 13.4 Å². The number of carbonyl (C=O) groups is 3. The minimum Gasteiger partial charge on any atom is -0.544 e. The summed E-state index contributed by atoms with van der Waals surface area (Å²) in [6, 6.07) is 0. The summed E-state index contributed by atoms with van der Waals surface area (Å²) >= 11 is 16.4. The topological polar surface area (TPSA) is 120 Å². The fourth-order valence-corrected chi connectivity index (χ4v) is 0.694. The van der Waals surface area contributed by atoms with Gasteiger partial charge in [-0.15, -0.1) is 0 Å². The zero-order chi connectivity index (χ0) is 17.6. The van der Waals surface area contributed by atoms with Gasteiger partial charge < -0.3 is 29.7 Å². The average molecular weight is 714 g/mol. The van der Waals surface area contributed by atoms with Gasteiger partial charge in [0.15, 0.2) is 0 Å². The van der Waals surface area contributed by atoms with Gasteiger partial charge in [0.1, 0.15) is 0 Å². The van der Waals surface area contributed by atoms with E-state index in [2.05, 4.69) is 95.6 Å². The molecule has 0 aliphatic carbocycles. The Balaban J connectivity index is -0.000000108. The molecule has 0 amide bonds. The third kappa shape index (κ3) is 23.3. The first-order valence-corrected chi connectivity index (χ1v) is 9.19. The average Bonchev–Trinajstić information content (AvgIpc) is 2.45. The van der Waals surface area contributed by atoms with Crippen LogP contribution in [0.2, 0.25) is 0 Å². The molecule has 0 radical (unpaired) electrons. The molecule has 0 heterocycles. The molecule has 0 N–H and O–H groups in total. The second-order valence-corrected chi connectivity index (χ2v) is 6.17. The van der Waals surface area contributed by atoms with Crippen LogP contribution in [0.5, 0.6) is 0 Å². The van der Waals surface area contributed by atoms with Crippen molar-refractivity contribution in [2.24, 2.45) is 0 Å². The van der Waals surface area contributed by atoms with Crippen LogP contribution < -0.4 is 15.3 Å². The Morgan fingerprint density at radius 1 is 0.591 bits per heavy atom. The van der Waals surface area contributed by atoms with Gasteiger partial charge in [-0.2, -0.15) is 0 Å². The van der Waals surface area contributed by atoms with E-state index in [1.165, 1.54) is 15.0 Å². The van der Waals surface area contributed by atoms with E-state index in [1.54, 1.807) is 0 Å². The largest absolute Gasteiger partial charge is 3.00 e. The Labute approximate surface area is 187 Å². The molecule has 0 atom stereocenters. The van der Waals surface area contributed by atoms with E-state index >= 15 is 0 Å². The molecule has 0 aliphatic rings. The van der Waals surface area contributed by atoms with E-state index in [-0.39, 0.29) is 30.8 Å². The Morgan fingerprint density at radius 2 is 0.727 bits per heavy atom. The maximum Gasteiger partial charge on any atom is 3.00 e. The molecular formula is C9H3AlBr6O6. The zero-order valence-corrected chi connectivity index (χ0v) is 20.7. The van der Waals surface area contributed by atoms with Crippen LogP contribution in [0, 0.1) is 0 Å². The van der Waals surface area contributed by atoms with E-state index < -0.39 is 17.9 Å². The summed E-state index contributed by atoms with van der Waals surface area (Å²) in [5.41, 5.74) is 0. The van der Waals surface area contributed by atoms with Crippen LogP contribution in [0.25, 0.3) is 0 Å². The molecule has 0 saturated heterocycles. The van der Waals surface area contributed by atoms with Gasteiger partial charge in [-0.1, -0.05) is 47.8 Å². The first kappa shape index (κ1) is 30.9. The molecule has 120 valence electrons. The quantitative estimate of drug-likeness (QED) is 0.315. The van der Waals surface area contributed by atoms with Crippen molar-refractivity contribution >= 4 is 131 Å². The number of rotatable bonds is 3. The van der Waals surface area contributed by atoms with Crippen LogP contribution >= 0.6 is 95.6 Å². The normalized spacial score (nSPS) is 10.9. The molecule has 0 rings (SSSR count). The molecule has 0 spiro atoms. The van der Waals surface area contributed by atoms with E-state index in [0.29, 0.717) is 0 Å². The molecule has 22 heavy (non-hydrogen) atoms. The first-order valence-electron chi connectivity index (χ1n) is 4.06. The molecule has 0 fully saturated rings. The molecule has 0 saturated carbocycles. The Kier molecular flexibility index (Phi) is 28.2. The van der Waals surface area contributed by atoms with E-state index in [4.69, 9.17) is 0 Å². The molecule has 0 bridgehead atoms. The van der Waals surface area contributed by atoms with Gasteiger partial charge in [-0.3, -0.25) is 0 Å². The second kappa shape index (κ2) is 20.1. The Hall–Kier alpha value is 1.04. The maximum absolute atomic E-state index is 9.67. The summed E-state index contributed by atoms with van der Waals surface area (Å²) in [5, 5.41) is 29.0. The van der Waals surface area contributed by atoms with Crippen LogP contribution in [0.4, 0.5) is 0 Å². The van der Waals surface area contributed by atoms with E-state index in [1.807, 2.05) is 0 Å². The van der Waals surface area contributed by atoms with Crippen molar-refractivity contribution in [3.05, 3.63) is 28.4 Å². The van der Waals surface area contributed by atoms with Gasteiger partial charge >= 0.3 is 17.4 Å². The molecular weight excluding hydrogens is 710 g/mol. The molecule has 0 aliphatic heterocycles. The molecule has 0 aromatic rings. The molecule has 0 unspecified atom stereocenters. The van der Waals surface area contributed by atoms with Gasteiger partial charge in [-0.25, -0.2) is 0 Å². The number of carboxylic acid groups (broad SMARTS) is 3. The maximum atomic E-state index is 9.67. The third-order valence-corrected chi connectivity index (χ3v) is 5.75. The molecule has 0 aromatic heterocycles. The standard InChI is InChI=1S/3C3H2Br2O2.Al/c3*4-1-2(5)3(6)7;/h3*1H,(H,6,7);/q;;;+3/p-3/b3*2-1-;. The summed E-state index contributed by atoms with van der Waals surface area (Å²) in [6.45, 7) is 0. The predicted octanol–water partition coefficient (Wildman–Crippen LogP) is 0.722. The number of carbonyl (C=O) groups excluding carboxylic acids is 3. The van der Waals surface area contributed by atoms with Crippen LogP contribution in [-0.4, -0.2) is 35.3 Å². The molecule has 6 nitrogen and oxygen atoms in total. The molecule has 0 aromatic carbocycles. The number of hydrogen-bond donors (Lipinski definition) is 0. The minimum absolute atomic E-state index is 0. The van der Waals surface area contributed by atoms with Gasteiger partial charge in [0.05, 0.1) is 17.9 Å². The number of hydrogen-bond acceptors (Lipinski definition) is 6. The van der Waals surface area contributed by atoms with E-state index in [0.717, 1.165) is 0 Å². The van der Waals surface area contributed by atoms with Crippen LogP contribution in [0.3, 0.4) is 0 Å². The summed E-state index contributed by atoms with van der Waals surface area (Å²) < 4.78 is 0.0208. The van der Waals surface area contributed by atoms with Crippen molar-refractivity contribution in [1.82, 2.24) is 0 Å². The van der Waals surface area contributed by atoms with Crippen molar-refractivity contribution in [3.63, 3.8) is 0 Å². The van der Waals surface area contributed by atoms with Crippen molar-refractivity contribution < 1.29 is 29.7 Å². The van der Waals surface area contributed by atoms with E-state index in [9.17, 15) is 29.7 Å². The summed E-state index contributed by atoms with van der Waals surface area (Å²) in [4.78, 5) is 32.7. The van der Waals surface area contributed by atoms with Crippen molar-refractivity contribution in [1.29, 1.82) is 0 Å². The summed E-state index contributed by atoms with van der Waals surface area (Å²) in [7, 11) is 0. The smallest absolute Gasteiger partial charge is 0.544 e. The van der Waals surface area contributed by atoms with Gasteiger partial charge in [0.2, 0.25) is 0 Å². The van der Waals surface area contributed by atoms with Crippen molar-refractivity contribution in [2.45, 2.75) is 0 Å². The van der Waals surface area contributed by atoms with Gasteiger partial charge in [-0.05, 0) is 62.7 Å². The zero-order valence-electron chi connectivity index (χ0n) is 10.0. The number of carboxylic acids is 3. The monoisotopic (exact) mass is 707 g/mol. The number of aliphatic carboxylic acids is 3. The van der Waals surface area contributed by atoms with Crippen molar-refractivity contribution in [3.8, 4) is 0 Å². The first-order chi connectivity index (χ1) is 9.54. The summed E-state index contributed by atoms with van der Waals surface area (Å²) in [6.07, 6.45) is 0. The molecule has 13 heteroatoms. The predicted molar refractivity (Wildman–Crippen MR) is 98.6 cm³/mol. The van der Waals surface area contributed by atoms with Gasteiger partial charge in [0.25, 0.3) is 0 Å². The Morgan fingerprint density at radius 3 is 0.727 bits per heavy atom. The Bertz CT molecular complexity index is 395. The third-order valence-electron chi connectivity index (χ3n) is 0.872. The summed E-state index contributed by atoms with van der Waals surface area (Å²) in [5.74, 6) is -3.68. The SMILES string of the molecule is O=C([O-])/C(Br)=C/Br.O=C([O-])/C(Br)=C/Br.O=C([O-])/C(Br)=C/Br.[Al+3]. The second-order valence-electron chi connectivity index (χ2n) is 2.23. The fourth-order valence-electron chi connectivity index (χ4n) is 0.134. The number of halogens is 6. The minimum atomic E-state index is -1.23. The van der Waals surface area contributed by atoms with Crippen LogP contribution in [0.15, 0.2) is 28.4 Å². The van der Waals surface area contributed by atoms with Crippen LogP contribution in [0.1, 0.15) is 0 Å². The fraction of sp³-hybridized carbons (Fsp3) is 0.